The third-order valence-electron chi connectivity index (χ3n) is 3.05. The lowest BCUT2D eigenvalue weighted by Gasteiger charge is -2.10. The van der Waals surface area contributed by atoms with Crippen LogP contribution < -0.4 is 4.74 Å². The minimum absolute atomic E-state index is 0.249. The van der Waals surface area contributed by atoms with Gasteiger partial charge >= 0.3 is 0 Å². The van der Waals surface area contributed by atoms with Crippen molar-refractivity contribution in [3.63, 3.8) is 0 Å². The van der Waals surface area contributed by atoms with E-state index < -0.39 is 6.10 Å². The largest absolute Gasteiger partial charge is 0.490 e. The topological polar surface area (TPSA) is 29.5 Å². The first-order chi connectivity index (χ1) is 8.24. The predicted molar refractivity (Wildman–Crippen MR) is 68.6 cm³/mol. The molecule has 0 spiro atoms. The molecular formula is C14H14O2S. The van der Waals surface area contributed by atoms with Crippen LogP contribution in [0.25, 0.3) is 0 Å². The Morgan fingerprint density at radius 2 is 2.29 bits per heavy atom. The zero-order valence-electron chi connectivity index (χ0n) is 9.59. The molecule has 0 saturated heterocycles. The Balaban J connectivity index is 1.93. The zero-order valence-corrected chi connectivity index (χ0v) is 10.4. The fourth-order valence-corrected chi connectivity index (χ4v) is 2.96. The summed E-state index contributed by atoms with van der Waals surface area (Å²) in [5.74, 6) is 0.958. The van der Waals surface area contributed by atoms with Gasteiger partial charge in [-0.15, -0.1) is 11.3 Å². The van der Waals surface area contributed by atoms with Gasteiger partial charge in [0.1, 0.15) is 18.0 Å². The van der Waals surface area contributed by atoms with Gasteiger partial charge in [-0.2, -0.15) is 0 Å². The number of aliphatic hydroxyl groups excluding tert-OH is 1. The summed E-state index contributed by atoms with van der Waals surface area (Å²) >= 11 is 1.58. The van der Waals surface area contributed by atoms with E-state index in [0.29, 0.717) is 0 Å². The molecule has 0 bridgehead atoms. The Kier molecular flexibility index (Phi) is 2.65. The van der Waals surface area contributed by atoms with Crippen molar-refractivity contribution in [3.8, 4) is 5.75 Å². The van der Waals surface area contributed by atoms with E-state index in [9.17, 15) is 5.11 Å². The molecule has 88 valence electrons. The molecule has 0 aliphatic carbocycles. The number of hydrogen-bond donors (Lipinski definition) is 1. The Bertz CT molecular complexity index is 519. The van der Waals surface area contributed by atoms with Gasteiger partial charge in [-0.05, 0) is 41.6 Å². The average molecular weight is 246 g/mol. The van der Waals surface area contributed by atoms with Crippen molar-refractivity contribution in [1.29, 1.82) is 0 Å². The number of rotatable bonds is 2. The van der Waals surface area contributed by atoms with Crippen molar-refractivity contribution in [2.75, 3.05) is 0 Å². The zero-order chi connectivity index (χ0) is 11.8. The van der Waals surface area contributed by atoms with Gasteiger partial charge in [0.05, 0.1) is 0 Å². The first-order valence-corrected chi connectivity index (χ1v) is 6.63. The SMILES string of the molecule is CC1Cc2cc(C(O)c3cccs3)ccc2O1. The maximum Gasteiger partial charge on any atom is 0.123 e. The van der Waals surface area contributed by atoms with Gasteiger partial charge in [0.2, 0.25) is 0 Å². The van der Waals surface area contributed by atoms with Gasteiger partial charge in [-0.25, -0.2) is 0 Å². The van der Waals surface area contributed by atoms with Crippen LogP contribution in [0.2, 0.25) is 0 Å². The van der Waals surface area contributed by atoms with Gasteiger partial charge in [0.25, 0.3) is 0 Å². The van der Waals surface area contributed by atoms with Gasteiger partial charge in [-0.3, -0.25) is 0 Å². The molecule has 3 heteroatoms. The third-order valence-corrected chi connectivity index (χ3v) is 3.97. The number of thiophene rings is 1. The molecule has 2 aromatic rings. The molecular weight excluding hydrogens is 232 g/mol. The lowest BCUT2D eigenvalue weighted by molar-refractivity contribution is 0.224. The highest BCUT2D eigenvalue weighted by Crippen LogP contribution is 2.33. The van der Waals surface area contributed by atoms with E-state index in [0.717, 1.165) is 22.6 Å². The second-order valence-electron chi connectivity index (χ2n) is 4.42. The fraction of sp³-hybridized carbons (Fsp3) is 0.286. The Morgan fingerprint density at radius 3 is 3.06 bits per heavy atom. The number of benzene rings is 1. The summed E-state index contributed by atoms with van der Waals surface area (Å²) in [4.78, 5) is 0.983. The van der Waals surface area contributed by atoms with Crippen LogP contribution in [0.1, 0.15) is 29.0 Å². The number of ether oxygens (including phenoxy) is 1. The molecule has 0 saturated carbocycles. The molecule has 1 aromatic carbocycles. The number of hydrogen-bond acceptors (Lipinski definition) is 3. The van der Waals surface area contributed by atoms with Crippen molar-refractivity contribution in [2.24, 2.45) is 0 Å². The number of aliphatic hydroxyl groups is 1. The van der Waals surface area contributed by atoms with Gasteiger partial charge in [0, 0.05) is 11.3 Å². The lowest BCUT2D eigenvalue weighted by Crippen LogP contribution is -2.05. The van der Waals surface area contributed by atoms with Crippen molar-refractivity contribution < 1.29 is 9.84 Å². The standard InChI is InChI=1S/C14H14O2S/c1-9-7-11-8-10(4-5-12(11)16-9)14(15)13-3-2-6-17-13/h2-6,8-9,14-15H,7H2,1H3. The van der Waals surface area contributed by atoms with E-state index in [1.165, 1.54) is 5.56 Å². The lowest BCUT2D eigenvalue weighted by atomic mass is 10.0. The highest BCUT2D eigenvalue weighted by molar-refractivity contribution is 7.10. The summed E-state index contributed by atoms with van der Waals surface area (Å²) in [7, 11) is 0. The van der Waals surface area contributed by atoms with Crippen molar-refractivity contribution in [1.82, 2.24) is 0 Å². The first-order valence-electron chi connectivity index (χ1n) is 5.75. The van der Waals surface area contributed by atoms with E-state index in [1.807, 2.05) is 29.6 Å². The molecule has 1 N–H and O–H groups in total. The molecule has 17 heavy (non-hydrogen) atoms. The van der Waals surface area contributed by atoms with Crippen LogP contribution >= 0.6 is 11.3 Å². The van der Waals surface area contributed by atoms with Crippen molar-refractivity contribution in [2.45, 2.75) is 25.6 Å². The Hall–Kier alpha value is -1.32. The second-order valence-corrected chi connectivity index (χ2v) is 5.40. The second kappa shape index (κ2) is 4.17. The summed E-state index contributed by atoms with van der Waals surface area (Å²) in [6.45, 7) is 2.06. The highest BCUT2D eigenvalue weighted by atomic mass is 32.1. The molecule has 2 unspecified atom stereocenters. The summed E-state index contributed by atoms with van der Waals surface area (Å²) in [6, 6.07) is 9.89. The summed E-state index contributed by atoms with van der Waals surface area (Å²) in [6.07, 6.45) is 0.663. The molecule has 2 atom stereocenters. The van der Waals surface area contributed by atoms with E-state index in [2.05, 4.69) is 13.0 Å². The number of fused-ring (bicyclic) bond motifs is 1. The van der Waals surface area contributed by atoms with Crippen LogP contribution in [0.5, 0.6) is 5.75 Å². The van der Waals surface area contributed by atoms with E-state index in [4.69, 9.17) is 4.74 Å². The van der Waals surface area contributed by atoms with Crippen LogP contribution in [-0.2, 0) is 6.42 Å². The van der Waals surface area contributed by atoms with Crippen LogP contribution in [0, 0.1) is 0 Å². The predicted octanol–water partition coefficient (Wildman–Crippen LogP) is 3.15. The van der Waals surface area contributed by atoms with Crippen LogP contribution in [0.4, 0.5) is 0 Å². The monoisotopic (exact) mass is 246 g/mol. The molecule has 1 aliphatic heterocycles. The Morgan fingerprint density at radius 1 is 1.41 bits per heavy atom. The molecule has 0 radical (unpaired) electrons. The summed E-state index contributed by atoms with van der Waals surface area (Å²) < 4.78 is 5.65. The fourth-order valence-electron chi connectivity index (χ4n) is 2.22. The van der Waals surface area contributed by atoms with Crippen molar-refractivity contribution >= 4 is 11.3 Å². The van der Waals surface area contributed by atoms with Gasteiger partial charge in [-0.1, -0.05) is 12.1 Å². The van der Waals surface area contributed by atoms with Gasteiger partial charge in [0.15, 0.2) is 0 Å². The van der Waals surface area contributed by atoms with E-state index in [-0.39, 0.29) is 6.10 Å². The third kappa shape index (κ3) is 1.96. The summed E-state index contributed by atoms with van der Waals surface area (Å²) in [5, 5.41) is 12.2. The minimum atomic E-state index is -0.517. The molecule has 0 fully saturated rings. The molecule has 3 rings (SSSR count). The van der Waals surface area contributed by atoms with Gasteiger partial charge < -0.3 is 9.84 Å². The van der Waals surface area contributed by atoms with Crippen LogP contribution in [0.15, 0.2) is 35.7 Å². The van der Waals surface area contributed by atoms with E-state index >= 15 is 0 Å². The maximum atomic E-state index is 10.2. The average Bonchev–Trinajstić information content (AvgIpc) is 2.94. The molecule has 2 nitrogen and oxygen atoms in total. The molecule has 0 amide bonds. The Labute approximate surface area is 104 Å². The van der Waals surface area contributed by atoms with Crippen molar-refractivity contribution in [3.05, 3.63) is 51.7 Å². The highest BCUT2D eigenvalue weighted by Gasteiger charge is 2.21. The molecule has 2 heterocycles. The quantitative estimate of drug-likeness (QED) is 0.882. The van der Waals surface area contributed by atoms with Crippen LogP contribution in [0.3, 0.4) is 0 Å². The first kappa shape index (κ1) is 10.8. The normalized spacial score (nSPS) is 19.8. The smallest absolute Gasteiger partial charge is 0.123 e. The van der Waals surface area contributed by atoms with Crippen LogP contribution in [-0.4, -0.2) is 11.2 Å². The molecule has 1 aromatic heterocycles. The minimum Gasteiger partial charge on any atom is -0.490 e. The van der Waals surface area contributed by atoms with E-state index in [1.54, 1.807) is 11.3 Å². The summed E-state index contributed by atoms with van der Waals surface area (Å²) in [5.41, 5.74) is 2.15. The molecule has 1 aliphatic rings. The maximum absolute atomic E-state index is 10.2.